The quantitative estimate of drug-likeness (QED) is 0.919. The number of aromatic nitrogens is 2. The van der Waals surface area contributed by atoms with Crippen molar-refractivity contribution < 1.29 is 9.13 Å². The Hall–Kier alpha value is -2.17. The van der Waals surface area contributed by atoms with Crippen LogP contribution in [0.25, 0.3) is 0 Å². The van der Waals surface area contributed by atoms with E-state index in [2.05, 4.69) is 23.8 Å². The van der Waals surface area contributed by atoms with Crippen molar-refractivity contribution in [1.82, 2.24) is 9.97 Å². The van der Waals surface area contributed by atoms with Crippen LogP contribution in [-0.2, 0) is 0 Å². The fraction of sp³-hybridized carbons (Fsp3) is 0.286. The Balaban J connectivity index is 2.29. The topological polar surface area (TPSA) is 61.0 Å². The molecule has 0 amide bonds. The minimum absolute atomic E-state index is 0.0214. The largest absolute Gasteiger partial charge is 0.436 e. The Bertz CT molecular complexity index is 599. The van der Waals surface area contributed by atoms with E-state index in [0.717, 1.165) is 11.8 Å². The summed E-state index contributed by atoms with van der Waals surface area (Å²) in [6.45, 7) is 6.23. The fourth-order valence-electron chi connectivity index (χ4n) is 1.91. The maximum Gasteiger partial charge on any atom is 0.260 e. The molecule has 1 heterocycles. The lowest BCUT2D eigenvalue weighted by Crippen LogP contribution is -2.00. The van der Waals surface area contributed by atoms with Crippen molar-refractivity contribution >= 4 is 5.95 Å². The fourth-order valence-corrected chi connectivity index (χ4v) is 1.91. The first-order chi connectivity index (χ1) is 8.97. The predicted octanol–water partition coefficient (Wildman–Crippen LogP) is 3.42. The molecule has 0 radical (unpaired) electrons. The van der Waals surface area contributed by atoms with Crippen LogP contribution in [0.5, 0.6) is 11.6 Å². The van der Waals surface area contributed by atoms with Gasteiger partial charge in [-0.1, -0.05) is 19.9 Å². The summed E-state index contributed by atoms with van der Waals surface area (Å²) >= 11 is 0. The van der Waals surface area contributed by atoms with Crippen molar-refractivity contribution in [3.05, 3.63) is 41.3 Å². The maximum absolute atomic E-state index is 13.5. The Kier molecular flexibility index (Phi) is 3.64. The van der Waals surface area contributed by atoms with Crippen LogP contribution in [0.1, 0.15) is 30.9 Å². The molecule has 0 bridgehead atoms. The SMILES string of the molecule is Cc1cc(Oc2nc(N)ncc2F)ccc1C(C)C. The number of halogens is 1. The van der Waals surface area contributed by atoms with Crippen LogP contribution in [0.15, 0.2) is 24.4 Å². The number of ether oxygens (including phenoxy) is 1. The van der Waals surface area contributed by atoms with Gasteiger partial charge in [-0.25, -0.2) is 4.98 Å². The molecular formula is C14H16FN3O. The third-order valence-corrected chi connectivity index (χ3v) is 2.81. The van der Waals surface area contributed by atoms with Crippen LogP contribution in [-0.4, -0.2) is 9.97 Å². The number of aryl methyl sites for hydroxylation is 1. The van der Waals surface area contributed by atoms with Crippen LogP contribution in [0.4, 0.5) is 10.3 Å². The highest BCUT2D eigenvalue weighted by Gasteiger charge is 2.10. The summed E-state index contributed by atoms with van der Waals surface area (Å²) < 4.78 is 18.9. The van der Waals surface area contributed by atoms with Crippen molar-refractivity contribution in [3.8, 4) is 11.6 Å². The molecule has 0 aliphatic carbocycles. The van der Waals surface area contributed by atoms with Crippen molar-refractivity contribution in [2.75, 3.05) is 5.73 Å². The van der Waals surface area contributed by atoms with E-state index in [1.165, 1.54) is 5.56 Å². The Morgan fingerprint density at radius 2 is 2.05 bits per heavy atom. The van der Waals surface area contributed by atoms with Crippen molar-refractivity contribution in [2.24, 2.45) is 0 Å². The normalized spacial score (nSPS) is 10.8. The molecule has 1 aromatic heterocycles. The molecule has 0 atom stereocenters. The van der Waals surface area contributed by atoms with Gasteiger partial charge < -0.3 is 10.5 Å². The molecule has 0 aliphatic rings. The van der Waals surface area contributed by atoms with Gasteiger partial charge >= 0.3 is 0 Å². The van der Waals surface area contributed by atoms with Crippen LogP contribution in [0, 0.1) is 12.7 Å². The lowest BCUT2D eigenvalue weighted by molar-refractivity contribution is 0.420. The standard InChI is InChI=1S/C14H16FN3O/c1-8(2)11-5-4-10(6-9(11)3)19-13-12(15)7-17-14(16)18-13/h4-8H,1-3H3,(H2,16,17,18). The van der Waals surface area contributed by atoms with Crippen LogP contribution in [0.3, 0.4) is 0 Å². The lowest BCUT2D eigenvalue weighted by Gasteiger charge is -2.12. The van der Waals surface area contributed by atoms with Gasteiger partial charge in [-0.15, -0.1) is 0 Å². The molecular weight excluding hydrogens is 245 g/mol. The average Bonchev–Trinajstić information content (AvgIpc) is 2.33. The van der Waals surface area contributed by atoms with E-state index >= 15 is 0 Å². The van der Waals surface area contributed by atoms with Gasteiger partial charge in [0.15, 0.2) is 0 Å². The Morgan fingerprint density at radius 3 is 2.68 bits per heavy atom. The van der Waals surface area contributed by atoms with Crippen molar-refractivity contribution in [3.63, 3.8) is 0 Å². The first-order valence-electron chi connectivity index (χ1n) is 6.04. The zero-order valence-electron chi connectivity index (χ0n) is 11.1. The number of rotatable bonds is 3. The molecule has 5 heteroatoms. The summed E-state index contributed by atoms with van der Waals surface area (Å²) in [6.07, 6.45) is 0.993. The molecule has 2 rings (SSSR count). The number of nitrogens with zero attached hydrogens (tertiary/aromatic N) is 2. The number of anilines is 1. The molecule has 4 nitrogen and oxygen atoms in total. The van der Waals surface area contributed by atoms with Gasteiger partial charge in [0.1, 0.15) is 5.75 Å². The summed E-state index contributed by atoms with van der Waals surface area (Å²) in [6, 6.07) is 5.62. The lowest BCUT2D eigenvalue weighted by atomic mass is 9.98. The van der Waals surface area contributed by atoms with E-state index in [-0.39, 0.29) is 11.8 Å². The Labute approximate surface area is 111 Å². The van der Waals surface area contributed by atoms with Gasteiger partial charge in [0.25, 0.3) is 5.88 Å². The summed E-state index contributed by atoms with van der Waals surface area (Å²) in [5.41, 5.74) is 7.73. The van der Waals surface area contributed by atoms with Crippen molar-refractivity contribution in [2.45, 2.75) is 26.7 Å². The van der Waals surface area contributed by atoms with Gasteiger partial charge in [0.2, 0.25) is 11.8 Å². The third-order valence-electron chi connectivity index (χ3n) is 2.81. The second-order valence-corrected chi connectivity index (χ2v) is 4.66. The van der Waals surface area contributed by atoms with Gasteiger partial charge in [-0.2, -0.15) is 9.37 Å². The molecule has 2 N–H and O–H groups in total. The molecule has 0 spiro atoms. The summed E-state index contributed by atoms with van der Waals surface area (Å²) in [5, 5.41) is 0. The van der Waals surface area contributed by atoms with E-state index < -0.39 is 5.82 Å². The number of hydrogen-bond acceptors (Lipinski definition) is 4. The maximum atomic E-state index is 13.5. The molecule has 0 saturated heterocycles. The van der Waals surface area contributed by atoms with E-state index in [1.54, 1.807) is 6.07 Å². The molecule has 0 aliphatic heterocycles. The molecule has 0 fully saturated rings. The summed E-state index contributed by atoms with van der Waals surface area (Å²) in [5.74, 6) is 0.135. The predicted molar refractivity (Wildman–Crippen MR) is 71.7 cm³/mol. The highest BCUT2D eigenvalue weighted by molar-refractivity contribution is 5.38. The smallest absolute Gasteiger partial charge is 0.260 e. The zero-order valence-corrected chi connectivity index (χ0v) is 11.1. The molecule has 0 unspecified atom stereocenters. The van der Waals surface area contributed by atoms with Crippen LogP contribution < -0.4 is 10.5 Å². The highest BCUT2D eigenvalue weighted by atomic mass is 19.1. The van der Waals surface area contributed by atoms with Crippen molar-refractivity contribution in [1.29, 1.82) is 0 Å². The van der Waals surface area contributed by atoms with Gasteiger partial charge in [-0.05, 0) is 36.1 Å². The second-order valence-electron chi connectivity index (χ2n) is 4.66. The number of nitrogen functional groups attached to an aromatic ring is 1. The Morgan fingerprint density at radius 1 is 1.32 bits per heavy atom. The number of benzene rings is 1. The summed E-state index contributed by atoms with van der Waals surface area (Å²) in [7, 11) is 0. The molecule has 100 valence electrons. The van der Waals surface area contributed by atoms with E-state index in [4.69, 9.17) is 10.5 Å². The number of hydrogen-bond donors (Lipinski definition) is 1. The molecule has 2 aromatic rings. The van der Waals surface area contributed by atoms with E-state index in [1.807, 2.05) is 19.1 Å². The van der Waals surface area contributed by atoms with Crippen LogP contribution >= 0.6 is 0 Å². The highest BCUT2D eigenvalue weighted by Crippen LogP contribution is 2.27. The first kappa shape index (κ1) is 13.3. The van der Waals surface area contributed by atoms with Gasteiger partial charge in [-0.3, -0.25) is 0 Å². The number of nitrogens with two attached hydrogens (primary N) is 1. The molecule has 0 saturated carbocycles. The van der Waals surface area contributed by atoms with E-state index in [0.29, 0.717) is 11.7 Å². The molecule has 1 aromatic carbocycles. The zero-order chi connectivity index (χ0) is 14.0. The van der Waals surface area contributed by atoms with Gasteiger partial charge in [0.05, 0.1) is 6.20 Å². The van der Waals surface area contributed by atoms with Crippen LogP contribution in [0.2, 0.25) is 0 Å². The minimum Gasteiger partial charge on any atom is -0.436 e. The molecule has 19 heavy (non-hydrogen) atoms. The minimum atomic E-state index is -0.639. The first-order valence-corrected chi connectivity index (χ1v) is 6.04. The van der Waals surface area contributed by atoms with Gasteiger partial charge in [0, 0.05) is 0 Å². The average molecular weight is 261 g/mol. The van der Waals surface area contributed by atoms with E-state index in [9.17, 15) is 4.39 Å². The second kappa shape index (κ2) is 5.22. The monoisotopic (exact) mass is 261 g/mol. The summed E-state index contributed by atoms with van der Waals surface area (Å²) in [4.78, 5) is 7.27. The third kappa shape index (κ3) is 2.99.